The maximum atomic E-state index is 11.4. The van der Waals surface area contributed by atoms with Crippen LogP contribution in [-0.2, 0) is 4.79 Å². The molecular weight excluding hydrogens is 252 g/mol. The monoisotopic (exact) mass is 282 g/mol. The van der Waals surface area contributed by atoms with Crippen molar-refractivity contribution < 1.29 is 15.0 Å². The molecule has 20 heavy (non-hydrogen) atoms. The molecule has 0 saturated heterocycles. The van der Waals surface area contributed by atoms with E-state index in [4.69, 9.17) is 5.11 Å². The van der Waals surface area contributed by atoms with Gasteiger partial charge in [-0.3, -0.25) is 4.79 Å². The molecule has 0 amide bonds. The van der Waals surface area contributed by atoms with Gasteiger partial charge in [-0.25, -0.2) is 0 Å². The lowest BCUT2D eigenvalue weighted by atomic mass is 9.79. The molecule has 0 radical (unpaired) electrons. The molecule has 3 heteroatoms. The summed E-state index contributed by atoms with van der Waals surface area (Å²) in [5.74, 6) is -0.353. The number of carboxylic acids is 1. The third-order valence-corrected chi connectivity index (χ3v) is 4.47. The summed E-state index contributed by atoms with van der Waals surface area (Å²) in [6, 6.07) is 0. The Labute approximate surface area is 123 Å². The van der Waals surface area contributed by atoms with Gasteiger partial charge in [0.15, 0.2) is 0 Å². The fourth-order valence-electron chi connectivity index (χ4n) is 3.30. The molecule has 0 aromatic carbocycles. The summed E-state index contributed by atoms with van der Waals surface area (Å²) >= 11 is 0. The smallest absolute Gasteiger partial charge is 0.307 e. The van der Waals surface area contributed by atoms with E-state index in [2.05, 4.69) is 19.1 Å². The highest BCUT2D eigenvalue weighted by Gasteiger charge is 2.33. The fourth-order valence-corrected chi connectivity index (χ4v) is 3.30. The van der Waals surface area contributed by atoms with Crippen molar-refractivity contribution in [3.05, 3.63) is 12.2 Å². The summed E-state index contributed by atoms with van der Waals surface area (Å²) in [4.78, 5) is 11.4. The summed E-state index contributed by atoms with van der Waals surface area (Å²) in [6.45, 7) is 2.30. The molecule has 0 spiro atoms. The van der Waals surface area contributed by atoms with Crippen molar-refractivity contribution in [1.29, 1.82) is 0 Å². The second-order valence-corrected chi connectivity index (χ2v) is 6.01. The third kappa shape index (κ3) is 5.66. The van der Waals surface area contributed by atoms with Crippen LogP contribution in [0, 0.1) is 17.8 Å². The molecule has 0 bridgehead atoms. The largest absolute Gasteiger partial charge is 0.481 e. The van der Waals surface area contributed by atoms with Gasteiger partial charge in [0.2, 0.25) is 0 Å². The fraction of sp³-hybridized carbons (Fsp3) is 0.824. The molecule has 0 aromatic rings. The second-order valence-electron chi connectivity index (χ2n) is 6.01. The van der Waals surface area contributed by atoms with Gasteiger partial charge in [0.05, 0.1) is 5.92 Å². The first-order chi connectivity index (χ1) is 9.70. The van der Waals surface area contributed by atoms with E-state index in [0.29, 0.717) is 18.8 Å². The molecule has 0 saturated carbocycles. The van der Waals surface area contributed by atoms with Crippen molar-refractivity contribution in [2.45, 2.75) is 64.7 Å². The van der Waals surface area contributed by atoms with Gasteiger partial charge in [-0.1, -0.05) is 51.2 Å². The Morgan fingerprint density at radius 3 is 2.65 bits per heavy atom. The molecule has 3 nitrogen and oxygen atoms in total. The van der Waals surface area contributed by atoms with Crippen LogP contribution in [0.4, 0.5) is 0 Å². The summed E-state index contributed by atoms with van der Waals surface area (Å²) in [7, 11) is 0. The van der Waals surface area contributed by atoms with Crippen molar-refractivity contribution in [3.63, 3.8) is 0 Å². The summed E-state index contributed by atoms with van der Waals surface area (Å²) < 4.78 is 0. The predicted molar refractivity (Wildman–Crippen MR) is 81.6 cm³/mol. The van der Waals surface area contributed by atoms with E-state index in [1.54, 1.807) is 0 Å². The zero-order chi connectivity index (χ0) is 14.8. The van der Waals surface area contributed by atoms with Gasteiger partial charge < -0.3 is 10.2 Å². The molecule has 116 valence electrons. The summed E-state index contributed by atoms with van der Waals surface area (Å²) in [5.41, 5.74) is 0. The minimum absolute atomic E-state index is 0.0852. The van der Waals surface area contributed by atoms with E-state index >= 15 is 0 Å². The maximum Gasteiger partial charge on any atom is 0.307 e. The number of aliphatic carboxylic acids is 1. The molecule has 3 unspecified atom stereocenters. The van der Waals surface area contributed by atoms with E-state index < -0.39 is 5.97 Å². The van der Waals surface area contributed by atoms with Crippen LogP contribution in [0.5, 0.6) is 0 Å². The Hall–Kier alpha value is -0.830. The topological polar surface area (TPSA) is 57.5 Å². The lowest BCUT2D eigenvalue weighted by Gasteiger charge is -2.25. The average Bonchev–Trinajstić information content (AvgIpc) is 2.87. The Bertz CT molecular complexity index is 299. The first-order valence-electron chi connectivity index (χ1n) is 8.21. The minimum Gasteiger partial charge on any atom is -0.481 e. The van der Waals surface area contributed by atoms with E-state index in [0.717, 1.165) is 12.8 Å². The van der Waals surface area contributed by atoms with Gasteiger partial charge in [-0.2, -0.15) is 0 Å². The quantitative estimate of drug-likeness (QED) is 0.444. The SMILES string of the molecule is CCCCCCCC1CC=CC1C(CCCO)C(=O)O. The van der Waals surface area contributed by atoms with Gasteiger partial charge in [-0.15, -0.1) is 0 Å². The van der Waals surface area contributed by atoms with Crippen LogP contribution < -0.4 is 0 Å². The van der Waals surface area contributed by atoms with Crippen LogP contribution in [0.3, 0.4) is 0 Å². The van der Waals surface area contributed by atoms with Crippen LogP contribution in [0.25, 0.3) is 0 Å². The van der Waals surface area contributed by atoms with Crippen molar-refractivity contribution in [1.82, 2.24) is 0 Å². The number of aliphatic hydroxyl groups is 1. The van der Waals surface area contributed by atoms with Gasteiger partial charge in [0.25, 0.3) is 0 Å². The lowest BCUT2D eigenvalue weighted by molar-refractivity contribution is -0.144. The Morgan fingerprint density at radius 2 is 2.00 bits per heavy atom. The Kier molecular flexibility index (Phi) is 8.59. The summed E-state index contributed by atoms with van der Waals surface area (Å²) in [6.07, 6.45) is 14.0. The number of carboxylic acid groups (broad SMARTS) is 1. The lowest BCUT2D eigenvalue weighted by Crippen LogP contribution is -2.26. The molecule has 0 aliphatic heterocycles. The summed E-state index contributed by atoms with van der Waals surface area (Å²) in [5, 5.41) is 18.3. The van der Waals surface area contributed by atoms with Crippen LogP contribution in [0.1, 0.15) is 64.7 Å². The Morgan fingerprint density at radius 1 is 1.25 bits per heavy atom. The van der Waals surface area contributed by atoms with Crippen LogP contribution in [0.2, 0.25) is 0 Å². The first-order valence-corrected chi connectivity index (χ1v) is 8.21. The number of carbonyl (C=O) groups is 1. The zero-order valence-electron chi connectivity index (χ0n) is 12.8. The van der Waals surface area contributed by atoms with Crippen molar-refractivity contribution in [2.24, 2.45) is 17.8 Å². The normalized spacial score (nSPS) is 23.1. The second kappa shape index (κ2) is 9.98. The highest BCUT2D eigenvalue weighted by molar-refractivity contribution is 5.70. The van der Waals surface area contributed by atoms with E-state index in [-0.39, 0.29) is 18.4 Å². The van der Waals surface area contributed by atoms with Crippen molar-refractivity contribution in [2.75, 3.05) is 6.61 Å². The standard InChI is InChI=1S/C17H30O3/c1-2-3-4-5-6-9-14-10-7-11-15(14)16(17(19)20)12-8-13-18/h7,11,14-16,18H,2-6,8-10,12-13H2,1H3,(H,19,20). The minimum atomic E-state index is -0.703. The average molecular weight is 282 g/mol. The molecule has 1 rings (SSSR count). The highest BCUT2D eigenvalue weighted by atomic mass is 16.4. The molecule has 1 aliphatic carbocycles. The number of hydrogen-bond acceptors (Lipinski definition) is 2. The van der Waals surface area contributed by atoms with Gasteiger partial charge >= 0.3 is 5.97 Å². The zero-order valence-corrected chi connectivity index (χ0v) is 12.8. The number of rotatable bonds is 11. The van der Waals surface area contributed by atoms with Crippen LogP contribution in [-0.4, -0.2) is 22.8 Å². The van der Waals surface area contributed by atoms with Crippen molar-refractivity contribution in [3.8, 4) is 0 Å². The maximum absolute atomic E-state index is 11.4. The highest BCUT2D eigenvalue weighted by Crippen LogP contribution is 2.37. The Balaban J connectivity index is 2.40. The van der Waals surface area contributed by atoms with E-state index in [1.807, 2.05) is 0 Å². The van der Waals surface area contributed by atoms with Gasteiger partial charge in [-0.05, 0) is 37.5 Å². The van der Waals surface area contributed by atoms with Gasteiger partial charge in [0.1, 0.15) is 0 Å². The number of aliphatic hydroxyl groups excluding tert-OH is 1. The molecular formula is C17H30O3. The first kappa shape index (κ1) is 17.2. The number of hydrogen-bond donors (Lipinski definition) is 2. The van der Waals surface area contributed by atoms with Crippen LogP contribution in [0.15, 0.2) is 12.2 Å². The van der Waals surface area contributed by atoms with Crippen LogP contribution >= 0.6 is 0 Å². The molecule has 0 aromatic heterocycles. The van der Waals surface area contributed by atoms with Crippen molar-refractivity contribution >= 4 is 5.97 Å². The predicted octanol–water partition coefficient (Wildman–Crippen LogP) is 4.01. The molecule has 0 heterocycles. The number of unbranched alkanes of at least 4 members (excludes halogenated alkanes) is 4. The third-order valence-electron chi connectivity index (χ3n) is 4.47. The van der Waals surface area contributed by atoms with Gasteiger partial charge in [0, 0.05) is 6.61 Å². The van der Waals surface area contributed by atoms with E-state index in [1.165, 1.54) is 32.1 Å². The molecule has 3 atom stereocenters. The number of allylic oxidation sites excluding steroid dienone is 2. The molecule has 1 aliphatic rings. The van der Waals surface area contributed by atoms with E-state index in [9.17, 15) is 9.90 Å². The molecule has 0 fully saturated rings. The molecule has 2 N–H and O–H groups in total.